The Labute approximate surface area is 122 Å². The van der Waals surface area contributed by atoms with Gasteiger partial charge in [-0.1, -0.05) is 24.6 Å². The van der Waals surface area contributed by atoms with Crippen LogP contribution in [0.25, 0.3) is 0 Å². The first-order chi connectivity index (χ1) is 9.04. The quantitative estimate of drug-likeness (QED) is 0.740. The molecule has 3 nitrogen and oxygen atoms in total. The molecule has 0 aromatic heterocycles. The number of rotatable bonds is 8. The Morgan fingerprint density at radius 1 is 1.16 bits per heavy atom. The molecule has 0 saturated carbocycles. The summed E-state index contributed by atoms with van der Waals surface area (Å²) in [6, 6.07) is 6.14. The van der Waals surface area contributed by atoms with Gasteiger partial charge in [0.05, 0.1) is 0 Å². The van der Waals surface area contributed by atoms with E-state index in [-0.39, 0.29) is 0 Å². The van der Waals surface area contributed by atoms with Crippen molar-refractivity contribution in [2.75, 3.05) is 45.7 Å². The van der Waals surface area contributed by atoms with Crippen molar-refractivity contribution in [1.82, 2.24) is 10.2 Å². The standard InChI is InChI=1S/C15H26ClN3/c1-5-8-17-12-13-6-7-14(16)11-15(13)19(4)10-9-18(2)3/h6-7,11,17H,5,8-10,12H2,1-4H3. The highest BCUT2D eigenvalue weighted by Crippen LogP contribution is 2.24. The van der Waals surface area contributed by atoms with E-state index in [4.69, 9.17) is 11.6 Å². The average Bonchev–Trinajstić information content (AvgIpc) is 2.37. The van der Waals surface area contributed by atoms with E-state index in [1.54, 1.807) is 0 Å². The van der Waals surface area contributed by atoms with Crippen molar-refractivity contribution in [3.63, 3.8) is 0 Å². The second-order valence-corrected chi connectivity index (χ2v) is 5.61. The third-order valence-corrected chi connectivity index (χ3v) is 3.32. The first-order valence-electron chi connectivity index (χ1n) is 6.89. The molecule has 19 heavy (non-hydrogen) atoms. The van der Waals surface area contributed by atoms with Crippen LogP contribution in [0.3, 0.4) is 0 Å². The minimum Gasteiger partial charge on any atom is -0.373 e. The molecule has 1 aromatic carbocycles. The Morgan fingerprint density at radius 3 is 2.53 bits per heavy atom. The van der Waals surface area contributed by atoms with E-state index in [1.807, 2.05) is 6.07 Å². The van der Waals surface area contributed by atoms with Crippen LogP contribution in [0.1, 0.15) is 18.9 Å². The third kappa shape index (κ3) is 5.81. The Hall–Kier alpha value is -0.770. The van der Waals surface area contributed by atoms with E-state index < -0.39 is 0 Å². The van der Waals surface area contributed by atoms with Crippen LogP contribution in [-0.4, -0.2) is 45.7 Å². The van der Waals surface area contributed by atoms with Gasteiger partial charge >= 0.3 is 0 Å². The van der Waals surface area contributed by atoms with Gasteiger partial charge in [0.2, 0.25) is 0 Å². The predicted octanol–water partition coefficient (Wildman–Crippen LogP) is 2.84. The van der Waals surface area contributed by atoms with E-state index >= 15 is 0 Å². The number of likely N-dealkylation sites (N-methyl/N-ethyl adjacent to an activating group) is 2. The molecule has 0 saturated heterocycles. The summed E-state index contributed by atoms with van der Waals surface area (Å²) in [7, 11) is 6.31. The van der Waals surface area contributed by atoms with E-state index in [0.29, 0.717) is 0 Å². The monoisotopic (exact) mass is 283 g/mol. The second-order valence-electron chi connectivity index (χ2n) is 5.17. The average molecular weight is 284 g/mol. The molecule has 0 fully saturated rings. The zero-order chi connectivity index (χ0) is 14.3. The lowest BCUT2D eigenvalue weighted by Gasteiger charge is -2.24. The van der Waals surface area contributed by atoms with Crippen molar-refractivity contribution >= 4 is 17.3 Å². The number of hydrogen-bond acceptors (Lipinski definition) is 3. The highest BCUT2D eigenvalue weighted by molar-refractivity contribution is 6.30. The Kier molecular flexibility index (Phi) is 7.21. The van der Waals surface area contributed by atoms with Gasteiger partial charge in [0.15, 0.2) is 0 Å². The molecule has 1 aromatic rings. The van der Waals surface area contributed by atoms with Crippen molar-refractivity contribution in [2.45, 2.75) is 19.9 Å². The molecule has 1 rings (SSSR count). The third-order valence-electron chi connectivity index (χ3n) is 3.08. The Bertz CT molecular complexity index is 380. The predicted molar refractivity (Wildman–Crippen MR) is 85.3 cm³/mol. The van der Waals surface area contributed by atoms with Crippen LogP contribution in [0.5, 0.6) is 0 Å². The van der Waals surface area contributed by atoms with Crippen LogP contribution in [-0.2, 0) is 6.54 Å². The van der Waals surface area contributed by atoms with Gasteiger partial charge in [-0.3, -0.25) is 0 Å². The van der Waals surface area contributed by atoms with Gasteiger partial charge in [0.1, 0.15) is 0 Å². The number of nitrogens with zero attached hydrogens (tertiary/aromatic N) is 2. The lowest BCUT2D eigenvalue weighted by Crippen LogP contribution is -2.29. The fourth-order valence-electron chi connectivity index (χ4n) is 1.91. The molecule has 0 spiro atoms. The zero-order valence-electron chi connectivity index (χ0n) is 12.5. The number of halogens is 1. The van der Waals surface area contributed by atoms with Gasteiger partial charge < -0.3 is 15.1 Å². The Balaban J connectivity index is 2.74. The molecule has 0 bridgehead atoms. The maximum atomic E-state index is 6.13. The lowest BCUT2D eigenvalue weighted by atomic mass is 10.1. The molecule has 0 heterocycles. The highest BCUT2D eigenvalue weighted by atomic mass is 35.5. The molecule has 108 valence electrons. The number of hydrogen-bond donors (Lipinski definition) is 1. The van der Waals surface area contributed by atoms with Crippen molar-refractivity contribution in [3.05, 3.63) is 28.8 Å². The zero-order valence-corrected chi connectivity index (χ0v) is 13.3. The first-order valence-corrected chi connectivity index (χ1v) is 7.27. The van der Waals surface area contributed by atoms with Gasteiger partial charge in [-0.05, 0) is 44.8 Å². The summed E-state index contributed by atoms with van der Waals surface area (Å²) in [6.07, 6.45) is 1.15. The number of benzene rings is 1. The summed E-state index contributed by atoms with van der Waals surface area (Å²) in [5.41, 5.74) is 2.53. The SMILES string of the molecule is CCCNCc1ccc(Cl)cc1N(C)CCN(C)C. The van der Waals surface area contributed by atoms with Gasteiger partial charge in [-0.15, -0.1) is 0 Å². The molecule has 0 aliphatic heterocycles. The molecular formula is C15H26ClN3. The molecule has 0 aliphatic carbocycles. The molecule has 0 atom stereocenters. The summed E-state index contributed by atoms with van der Waals surface area (Å²) in [6.45, 7) is 6.15. The van der Waals surface area contributed by atoms with Crippen LogP contribution in [0.2, 0.25) is 5.02 Å². The topological polar surface area (TPSA) is 18.5 Å². The van der Waals surface area contributed by atoms with Gasteiger partial charge in [0, 0.05) is 37.4 Å². The minimum absolute atomic E-state index is 0.797. The molecule has 4 heteroatoms. The van der Waals surface area contributed by atoms with Gasteiger partial charge in [-0.25, -0.2) is 0 Å². The fraction of sp³-hybridized carbons (Fsp3) is 0.600. The van der Waals surface area contributed by atoms with Crippen LogP contribution in [0.15, 0.2) is 18.2 Å². The van der Waals surface area contributed by atoms with Gasteiger partial charge in [-0.2, -0.15) is 0 Å². The maximum Gasteiger partial charge on any atom is 0.0426 e. The maximum absolute atomic E-state index is 6.13. The normalized spacial score (nSPS) is 11.1. The molecular weight excluding hydrogens is 258 g/mol. The van der Waals surface area contributed by atoms with Crippen molar-refractivity contribution < 1.29 is 0 Å². The minimum atomic E-state index is 0.797. The van der Waals surface area contributed by atoms with E-state index in [9.17, 15) is 0 Å². The smallest absolute Gasteiger partial charge is 0.0426 e. The van der Waals surface area contributed by atoms with E-state index in [2.05, 4.69) is 55.3 Å². The number of anilines is 1. The molecule has 0 aliphatic rings. The summed E-state index contributed by atoms with van der Waals surface area (Å²) in [5.74, 6) is 0. The molecule has 1 N–H and O–H groups in total. The summed E-state index contributed by atoms with van der Waals surface area (Å²) in [4.78, 5) is 4.46. The fourth-order valence-corrected chi connectivity index (χ4v) is 2.08. The Morgan fingerprint density at radius 2 is 1.89 bits per heavy atom. The molecule has 0 radical (unpaired) electrons. The van der Waals surface area contributed by atoms with Crippen LogP contribution >= 0.6 is 11.6 Å². The van der Waals surface area contributed by atoms with Crippen LogP contribution in [0, 0.1) is 0 Å². The molecule has 0 unspecified atom stereocenters. The summed E-state index contributed by atoms with van der Waals surface area (Å²) >= 11 is 6.13. The van der Waals surface area contributed by atoms with Crippen molar-refractivity contribution in [1.29, 1.82) is 0 Å². The summed E-state index contributed by atoms with van der Waals surface area (Å²) < 4.78 is 0. The highest BCUT2D eigenvalue weighted by Gasteiger charge is 2.08. The lowest BCUT2D eigenvalue weighted by molar-refractivity contribution is 0.416. The van der Waals surface area contributed by atoms with E-state index in [0.717, 1.165) is 37.6 Å². The van der Waals surface area contributed by atoms with Crippen LogP contribution < -0.4 is 10.2 Å². The first kappa shape index (κ1) is 16.3. The van der Waals surface area contributed by atoms with E-state index in [1.165, 1.54) is 11.3 Å². The molecule has 0 amide bonds. The second kappa shape index (κ2) is 8.41. The van der Waals surface area contributed by atoms with Crippen molar-refractivity contribution in [2.24, 2.45) is 0 Å². The van der Waals surface area contributed by atoms with Crippen LogP contribution in [0.4, 0.5) is 5.69 Å². The number of nitrogens with one attached hydrogen (secondary N) is 1. The van der Waals surface area contributed by atoms with Crippen molar-refractivity contribution in [3.8, 4) is 0 Å². The summed E-state index contributed by atoms with van der Waals surface area (Å²) in [5, 5.41) is 4.25. The van der Waals surface area contributed by atoms with Gasteiger partial charge in [0.25, 0.3) is 0 Å². The largest absolute Gasteiger partial charge is 0.373 e.